The topological polar surface area (TPSA) is 45.7 Å². The summed E-state index contributed by atoms with van der Waals surface area (Å²) in [6.45, 7) is 5.62. The molecule has 1 saturated heterocycles. The molecule has 0 N–H and O–H groups in total. The zero-order valence-electron chi connectivity index (χ0n) is 16.5. The summed E-state index contributed by atoms with van der Waals surface area (Å²) in [5.41, 5.74) is 1.19. The Kier molecular flexibility index (Phi) is 6.04. The van der Waals surface area contributed by atoms with Gasteiger partial charge in [-0.3, -0.25) is 14.7 Å². The van der Waals surface area contributed by atoms with E-state index in [1.165, 1.54) is 24.0 Å². The number of nitrogens with zero attached hydrogens (tertiary/aromatic N) is 3. The van der Waals surface area contributed by atoms with Crippen LogP contribution in [0.4, 0.5) is 18.9 Å². The van der Waals surface area contributed by atoms with Gasteiger partial charge in [-0.25, -0.2) is 0 Å². The molecule has 1 amide bonds. The number of hydrogen-bond acceptors (Lipinski definition) is 5. The van der Waals surface area contributed by atoms with Gasteiger partial charge in [0.05, 0.1) is 24.7 Å². The monoisotopic (exact) mass is 437 g/mol. The van der Waals surface area contributed by atoms with Crippen LogP contribution in [0.25, 0.3) is 11.1 Å². The number of hydrogen-bond donors (Lipinski definition) is 0. The Labute approximate surface area is 177 Å². The maximum atomic E-state index is 12.8. The molecule has 5 nitrogen and oxygen atoms in total. The maximum absolute atomic E-state index is 12.8. The maximum Gasteiger partial charge on any atom is 0.433 e. The van der Waals surface area contributed by atoms with Crippen molar-refractivity contribution in [2.24, 2.45) is 0 Å². The van der Waals surface area contributed by atoms with Crippen molar-refractivity contribution >= 4 is 23.4 Å². The third kappa shape index (κ3) is 4.48. The van der Waals surface area contributed by atoms with Gasteiger partial charge in [0.25, 0.3) is 0 Å². The number of halogens is 3. The molecule has 3 heterocycles. The minimum atomic E-state index is -4.47. The first-order chi connectivity index (χ1) is 14.3. The molecule has 9 heteroatoms. The molecular formula is C21H22F3N3O2S. The van der Waals surface area contributed by atoms with Gasteiger partial charge >= 0.3 is 6.18 Å². The molecule has 0 saturated carbocycles. The van der Waals surface area contributed by atoms with Crippen molar-refractivity contribution in [3.05, 3.63) is 42.2 Å². The van der Waals surface area contributed by atoms with Crippen LogP contribution in [0.2, 0.25) is 0 Å². The zero-order valence-corrected chi connectivity index (χ0v) is 17.3. The van der Waals surface area contributed by atoms with Gasteiger partial charge in [-0.05, 0) is 30.7 Å². The van der Waals surface area contributed by atoms with E-state index in [0.29, 0.717) is 37.1 Å². The minimum Gasteiger partial charge on any atom is -0.379 e. The minimum absolute atomic E-state index is 0.0381. The van der Waals surface area contributed by atoms with Gasteiger partial charge in [0.15, 0.2) is 0 Å². The van der Waals surface area contributed by atoms with Crippen LogP contribution in [-0.4, -0.2) is 60.4 Å². The van der Waals surface area contributed by atoms with Crippen molar-refractivity contribution in [2.75, 3.05) is 43.5 Å². The van der Waals surface area contributed by atoms with E-state index in [1.807, 2.05) is 18.2 Å². The highest BCUT2D eigenvalue weighted by Crippen LogP contribution is 2.38. The molecular weight excluding hydrogens is 415 g/mol. The van der Waals surface area contributed by atoms with Crippen molar-refractivity contribution in [2.45, 2.75) is 24.0 Å². The number of aromatic nitrogens is 1. The Balaban J connectivity index is 1.57. The van der Waals surface area contributed by atoms with Crippen molar-refractivity contribution < 1.29 is 22.7 Å². The molecule has 2 aromatic rings. The highest BCUT2D eigenvalue weighted by molar-refractivity contribution is 8.00. The predicted octanol–water partition coefficient (Wildman–Crippen LogP) is 3.93. The Bertz CT molecular complexity index is 921. The predicted molar refractivity (Wildman–Crippen MR) is 110 cm³/mol. The number of anilines is 1. The number of amides is 1. The first-order valence-electron chi connectivity index (χ1n) is 9.75. The van der Waals surface area contributed by atoms with E-state index in [0.717, 1.165) is 35.3 Å². The van der Waals surface area contributed by atoms with E-state index in [9.17, 15) is 18.0 Å². The van der Waals surface area contributed by atoms with Gasteiger partial charge in [0.2, 0.25) is 5.91 Å². The molecule has 0 spiro atoms. The summed E-state index contributed by atoms with van der Waals surface area (Å²) in [7, 11) is 0. The second-order valence-electron chi connectivity index (χ2n) is 7.41. The van der Waals surface area contributed by atoms with Gasteiger partial charge < -0.3 is 9.64 Å². The largest absolute Gasteiger partial charge is 0.433 e. The number of rotatable bonds is 4. The van der Waals surface area contributed by atoms with E-state index < -0.39 is 11.9 Å². The highest BCUT2D eigenvalue weighted by atomic mass is 32.2. The van der Waals surface area contributed by atoms with Gasteiger partial charge in [-0.15, -0.1) is 11.8 Å². The average Bonchev–Trinajstić information content (AvgIpc) is 2.73. The number of benzene rings is 1. The smallest absolute Gasteiger partial charge is 0.379 e. The number of carbonyl (C=O) groups excluding carboxylic acids is 1. The van der Waals surface area contributed by atoms with E-state index in [-0.39, 0.29) is 5.91 Å². The van der Waals surface area contributed by atoms with Crippen LogP contribution in [-0.2, 0) is 15.7 Å². The van der Waals surface area contributed by atoms with Crippen molar-refractivity contribution in [3.8, 4) is 11.1 Å². The number of ether oxygens (including phenoxy) is 1. The van der Waals surface area contributed by atoms with Crippen LogP contribution in [0.5, 0.6) is 0 Å². The van der Waals surface area contributed by atoms with Gasteiger partial charge in [-0.1, -0.05) is 12.1 Å². The van der Waals surface area contributed by atoms with Crippen LogP contribution >= 0.6 is 11.8 Å². The lowest BCUT2D eigenvalue weighted by Crippen LogP contribution is -2.48. The molecule has 1 aromatic carbocycles. The highest BCUT2D eigenvalue weighted by Gasteiger charge is 2.32. The Morgan fingerprint density at radius 3 is 2.70 bits per heavy atom. The number of pyridine rings is 1. The van der Waals surface area contributed by atoms with E-state index in [1.54, 1.807) is 4.90 Å². The van der Waals surface area contributed by atoms with Crippen molar-refractivity contribution in [3.63, 3.8) is 0 Å². The summed E-state index contributed by atoms with van der Waals surface area (Å²) >= 11 is 1.48. The zero-order chi connectivity index (χ0) is 21.3. The summed E-state index contributed by atoms with van der Waals surface area (Å²) in [4.78, 5) is 21.3. The second-order valence-corrected chi connectivity index (χ2v) is 8.42. The van der Waals surface area contributed by atoms with Gasteiger partial charge in [-0.2, -0.15) is 13.2 Å². The standard InChI is InChI=1S/C21H22F3N3O2S/c1-14-12-29-9-8-26(14)6-7-27-17-10-15(2-4-18(17)30-13-20(27)28)16-3-5-19(25-11-16)21(22,23)24/h2-5,10-11,14H,6-9,12-13H2,1H3. The number of alkyl halides is 3. The van der Waals surface area contributed by atoms with Crippen LogP contribution < -0.4 is 4.90 Å². The Morgan fingerprint density at radius 1 is 1.20 bits per heavy atom. The SMILES string of the molecule is CC1COCCN1CCN1C(=O)CSc2ccc(-c3ccc(C(F)(F)F)nc3)cc21. The molecule has 1 aromatic heterocycles. The fraction of sp³-hybridized carbons (Fsp3) is 0.429. The quantitative estimate of drug-likeness (QED) is 0.726. The number of fused-ring (bicyclic) bond motifs is 1. The summed E-state index contributed by atoms with van der Waals surface area (Å²) in [5.74, 6) is 0.420. The first kappa shape index (κ1) is 21.1. The molecule has 160 valence electrons. The Hall–Kier alpha value is -2.10. The van der Waals surface area contributed by atoms with E-state index >= 15 is 0 Å². The molecule has 2 aliphatic heterocycles. The van der Waals surface area contributed by atoms with Crippen LogP contribution in [0, 0.1) is 0 Å². The molecule has 0 aliphatic carbocycles. The lowest BCUT2D eigenvalue weighted by molar-refractivity contribution is -0.141. The number of carbonyl (C=O) groups is 1. The summed E-state index contributed by atoms with van der Waals surface area (Å²) in [6, 6.07) is 8.34. The molecule has 30 heavy (non-hydrogen) atoms. The lowest BCUT2D eigenvalue weighted by Gasteiger charge is -2.36. The van der Waals surface area contributed by atoms with Crippen molar-refractivity contribution in [1.82, 2.24) is 9.88 Å². The number of thioether (sulfide) groups is 1. The average molecular weight is 437 g/mol. The van der Waals surface area contributed by atoms with E-state index in [2.05, 4.69) is 16.8 Å². The first-order valence-corrected chi connectivity index (χ1v) is 10.7. The van der Waals surface area contributed by atoms with Crippen LogP contribution in [0.3, 0.4) is 0 Å². The third-order valence-corrected chi connectivity index (χ3v) is 6.45. The normalized spacial score (nSPS) is 20.3. The van der Waals surface area contributed by atoms with Gasteiger partial charge in [0, 0.05) is 42.3 Å². The number of morpholine rings is 1. The summed E-state index contributed by atoms with van der Waals surface area (Å²) < 4.78 is 43.8. The Morgan fingerprint density at radius 2 is 2.00 bits per heavy atom. The van der Waals surface area contributed by atoms with Gasteiger partial charge in [0.1, 0.15) is 5.69 Å². The molecule has 0 bridgehead atoms. The lowest BCUT2D eigenvalue weighted by atomic mass is 10.1. The molecule has 2 aliphatic rings. The molecule has 1 fully saturated rings. The molecule has 1 unspecified atom stereocenters. The van der Waals surface area contributed by atoms with Crippen molar-refractivity contribution in [1.29, 1.82) is 0 Å². The molecule has 1 atom stereocenters. The fourth-order valence-electron chi connectivity index (χ4n) is 3.68. The fourth-order valence-corrected chi connectivity index (χ4v) is 4.60. The van der Waals surface area contributed by atoms with E-state index in [4.69, 9.17) is 4.74 Å². The molecule has 4 rings (SSSR count). The molecule has 0 radical (unpaired) electrons. The third-order valence-electron chi connectivity index (χ3n) is 5.41. The second kappa shape index (κ2) is 8.56. The summed E-state index contributed by atoms with van der Waals surface area (Å²) in [5, 5.41) is 0. The van der Waals surface area contributed by atoms with Crippen LogP contribution in [0.15, 0.2) is 41.4 Å². The summed E-state index contributed by atoms with van der Waals surface area (Å²) in [6.07, 6.45) is -3.24. The van der Waals surface area contributed by atoms with Crippen LogP contribution in [0.1, 0.15) is 12.6 Å².